The van der Waals surface area contributed by atoms with Gasteiger partial charge >= 0.3 is 0 Å². The molecular formula is C17H27BrN2O3S. The molecule has 0 spiro atoms. The monoisotopic (exact) mass is 418 g/mol. The molecule has 0 aliphatic carbocycles. The van der Waals surface area contributed by atoms with Crippen LogP contribution in [0.1, 0.15) is 26.7 Å². The minimum atomic E-state index is -3.50. The third-order valence-electron chi connectivity index (χ3n) is 4.70. The fourth-order valence-electron chi connectivity index (χ4n) is 3.25. The quantitative estimate of drug-likeness (QED) is 0.704. The van der Waals surface area contributed by atoms with E-state index in [1.165, 1.54) is 0 Å². The molecule has 7 heteroatoms. The van der Waals surface area contributed by atoms with E-state index in [9.17, 15) is 8.42 Å². The lowest BCUT2D eigenvalue weighted by Gasteiger charge is -2.38. The van der Waals surface area contributed by atoms with Gasteiger partial charge in [-0.2, -0.15) is 0 Å². The summed E-state index contributed by atoms with van der Waals surface area (Å²) < 4.78 is 34.2. The van der Waals surface area contributed by atoms with Crippen molar-refractivity contribution in [3.05, 3.63) is 28.7 Å². The highest BCUT2D eigenvalue weighted by Gasteiger charge is 2.28. The average molecular weight is 419 g/mol. The van der Waals surface area contributed by atoms with Crippen molar-refractivity contribution in [2.75, 3.05) is 32.8 Å². The first-order chi connectivity index (χ1) is 11.5. The van der Waals surface area contributed by atoms with Crippen LogP contribution in [0.4, 0.5) is 0 Å². The Morgan fingerprint density at radius 1 is 1.25 bits per heavy atom. The van der Waals surface area contributed by atoms with E-state index in [0.717, 1.165) is 43.6 Å². The highest BCUT2D eigenvalue weighted by atomic mass is 79.9. The number of ether oxygens (including phenoxy) is 1. The number of hydrogen-bond acceptors (Lipinski definition) is 4. The molecule has 136 valence electrons. The highest BCUT2D eigenvalue weighted by molar-refractivity contribution is 9.10. The zero-order chi connectivity index (χ0) is 17.6. The third kappa shape index (κ3) is 5.26. The molecular weight excluding hydrogens is 392 g/mol. The molecule has 1 aliphatic rings. The molecule has 1 heterocycles. The average Bonchev–Trinajstić information content (AvgIpc) is 2.59. The molecule has 1 fully saturated rings. The summed E-state index contributed by atoms with van der Waals surface area (Å²) in [5.74, 6) is 0.466. The fraction of sp³-hybridized carbons (Fsp3) is 0.647. The Kier molecular flexibility index (Phi) is 7.68. The minimum Gasteiger partial charge on any atom is -0.379 e. The van der Waals surface area contributed by atoms with Crippen LogP contribution >= 0.6 is 15.9 Å². The minimum absolute atomic E-state index is 0.200. The van der Waals surface area contributed by atoms with Gasteiger partial charge in [0.15, 0.2) is 0 Å². The molecule has 2 rings (SSSR count). The zero-order valence-electron chi connectivity index (χ0n) is 14.4. The van der Waals surface area contributed by atoms with Crippen LogP contribution in [0.15, 0.2) is 33.6 Å². The van der Waals surface area contributed by atoms with Crippen molar-refractivity contribution in [2.24, 2.45) is 5.92 Å². The first-order valence-electron chi connectivity index (χ1n) is 8.55. The van der Waals surface area contributed by atoms with Crippen LogP contribution in [0.2, 0.25) is 0 Å². The molecule has 1 saturated heterocycles. The summed E-state index contributed by atoms with van der Waals surface area (Å²) in [5, 5.41) is 0. The molecule has 0 radical (unpaired) electrons. The molecule has 0 aromatic heterocycles. The largest absolute Gasteiger partial charge is 0.379 e. The Hall–Kier alpha value is -0.470. The predicted molar refractivity (Wildman–Crippen MR) is 99.6 cm³/mol. The molecule has 1 aromatic rings. The van der Waals surface area contributed by atoms with Gasteiger partial charge < -0.3 is 4.74 Å². The van der Waals surface area contributed by atoms with Crippen molar-refractivity contribution < 1.29 is 13.2 Å². The number of rotatable bonds is 8. The Morgan fingerprint density at radius 3 is 2.50 bits per heavy atom. The number of sulfonamides is 1. The smallest absolute Gasteiger partial charge is 0.240 e. The number of hydrogen-bond donors (Lipinski definition) is 1. The number of halogens is 1. The normalized spacial score (nSPS) is 18.0. The van der Waals surface area contributed by atoms with Crippen molar-refractivity contribution in [3.8, 4) is 0 Å². The van der Waals surface area contributed by atoms with Gasteiger partial charge in [-0.3, -0.25) is 4.90 Å². The standard InChI is InChI=1S/C17H27BrN2O3S/c1-3-14(4-2)17(20-8-10-23-11-9-20)13-19-24(21,22)16-7-5-6-15(18)12-16/h5-7,12,14,17,19H,3-4,8-11,13H2,1-2H3/t17-/m1/s1. The molecule has 0 amide bonds. The van der Waals surface area contributed by atoms with E-state index in [4.69, 9.17) is 4.74 Å². The first kappa shape index (κ1) is 19.8. The van der Waals surface area contributed by atoms with E-state index >= 15 is 0 Å². The van der Waals surface area contributed by atoms with Gasteiger partial charge in [0.05, 0.1) is 18.1 Å². The van der Waals surface area contributed by atoms with E-state index in [2.05, 4.69) is 39.4 Å². The Balaban J connectivity index is 2.11. The van der Waals surface area contributed by atoms with Crippen LogP contribution < -0.4 is 4.72 Å². The summed E-state index contributed by atoms with van der Waals surface area (Å²) in [6.45, 7) is 7.93. The number of nitrogens with zero attached hydrogens (tertiary/aromatic N) is 1. The van der Waals surface area contributed by atoms with Gasteiger partial charge in [-0.15, -0.1) is 0 Å². The van der Waals surface area contributed by atoms with Crippen LogP contribution in [-0.4, -0.2) is 52.2 Å². The molecule has 0 saturated carbocycles. The second-order valence-electron chi connectivity index (χ2n) is 6.10. The third-order valence-corrected chi connectivity index (χ3v) is 6.61. The molecule has 0 bridgehead atoms. The summed E-state index contributed by atoms with van der Waals surface area (Å²) in [6, 6.07) is 7.00. The summed E-state index contributed by atoms with van der Waals surface area (Å²) in [6.07, 6.45) is 2.08. The zero-order valence-corrected chi connectivity index (χ0v) is 16.8. The van der Waals surface area contributed by atoms with Crippen LogP contribution in [0, 0.1) is 5.92 Å². The SMILES string of the molecule is CCC(CC)[C@@H](CNS(=O)(=O)c1cccc(Br)c1)N1CCOCC1. The van der Waals surface area contributed by atoms with E-state index in [1.807, 2.05) is 6.07 Å². The van der Waals surface area contributed by atoms with Crippen molar-refractivity contribution in [2.45, 2.75) is 37.6 Å². The van der Waals surface area contributed by atoms with Crippen molar-refractivity contribution in [1.82, 2.24) is 9.62 Å². The predicted octanol–water partition coefficient (Wildman–Crippen LogP) is 2.86. The van der Waals surface area contributed by atoms with Crippen LogP contribution in [0.3, 0.4) is 0 Å². The maximum absolute atomic E-state index is 12.6. The molecule has 0 unspecified atom stereocenters. The maximum atomic E-state index is 12.6. The Labute approximate surface area is 153 Å². The number of benzene rings is 1. The first-order valence-corrected chi connectivity index (χ1v) is 10.8. The molecule has 1 aromatic carbocycles. The van der Waals surface area contributed by atoms with Gasteiger partial charge in [0.2, 0.25) is 10.0 Å². The number of morpholine rings is 1. The Morgan fingerprint density at radius 2 is 1.92 bits per heavy atom. The van der Waals surface area contributed by atoms with E-state index in [1.54, 1.807) is 18.2 Å². The fourth-order valence-corrected chi connectivity index (χ4v) is 4.90. The molecule has 24 heavy (non-hydrogen) atoms. The van der Waals surface area contributed by atoms with Gasteiger partial charge in [0.25, 0.3) is 0 Å². The Bertz CT molecular complexity index is 614. The lowest BCUT2D eigenvalue weighted by Crippen LogP contribution is -2.52. The summed E-state index contributed by atoms with van der Waals surface area (Å²) in [7, 11) is -3.50. The van der Waals surface area contributed by atoms with Crippen LogP contribution in [-0.2, 0) is 14.8 Å². The van der Waals surface area contributed by atoms with Gasteiger partial charge in [-0.25, -0.2) is 13.1 Å². The van der Waals surface area contributed by atoms with E-state index in [0.29, 0.717) is 17.4 Å². The molecule has 1 atom stereocenters. The van der Waals surface area contributed by atoms with E-state index in [-0.39, 0.29) is 6.04 Å². The van der Waals surface area contributed by atoms with E-state index < -0.39 is 10.0 Å². The maximum Gasteiger partial charge on any atom is 0.240 e. The van der Waals surface area contributed by atoms with Gasteiger partial charge in [0.1, 0.15) is 0 Å². The van der Waals surface area contributed by atoms with Crippen molar-refractivity contribution in [1.29, 1.82) is 0 Å². The summed E-state index contributed by atoms with van der Waals surface area (Å²) in [4.78, 5) is 2.66. The molecule has 1 N–H and O–H groups in total. The second-order valence-corrected chi connectivity index (χ2v) is 8.78. The van der Waals surface area contributed by atoms with Crippen molar-refractivity contribution in [3.63, 3.8) is 0 Å². The lowest BCUT2D eigenvalue weighted by molar-refractivity contribution is 0.00297. The summed E-state index contributed by atoms with van der Waals surface area (Å²) in [5.41, 5.74) is 0. The lowest BCUT2D eigenvalue weighted by atomic mass is 9.92. The second kappa shape index (κ2) is 9.29. The van der Waals surface area contributed by atoms with Gasteiger partial charge in [0, 0.05) is 30.1 Å². The topological polar surface area (TPSA) is 58.6 Å². The molecule has 1 aliphatic heterocycles. The number of nitrogens with one attached hydrogen (secondary N) is 1. The van der Waals surface area contributed by atoms with Gasteiger partial charge in [-0.05, 0) is 24.1 Å². The van der Waals surface area contributed by atoms with Gasteiger partial charge in [-0.1, -0.05) is 48.7 Å². The molecule has 5 nitrogen and oxygen atoms in total. The van der Waals surface area contributed by atoms with Crippen LogP contribution in [0.25, 0.3) is 0 Å². The summed E-state index contributed by atoms with van der Waals surface area (Å²) >= 11 is 3.33. The van der Waals surface area contributed by atoms with Crippen LogP contribution in [0.5, 0.6) is 0 Å². The van der Waals surface area contributed by atoms with Crippen molar-refractivity contribution >= 4 is 26.0 Å². The highest BCUT2D eigenvalue weighted by Crippen LogP contribution is 2.21.